The van der Waals surface area contributed by atoms with Crippen LogP contribution >= 0.6 is 0 Å². The number of aromatic nitrogens is 2. The van der Waals surface area contributed by atoms with Crippen LogP contribution in [0.5, 0.6) is 5.75 Å². The number of carbonyl (C=O) groups is 2. The predicted octanol–water partition coefficient (Wildman–Crippen LogP) is 4.31. The second-order valence-electron chi connectivity index (χ2n) is 7.44. The van der Waals surface area contributed by atoms with E-state index in [1.54, 1.807) is 32.9 Å². The van der Waals surface area contributed by atoms with Crippen LogP contribution in [0.1, 0.15) is 48.6 Å². The van der Waals surface area contributed by atoms with Gasteiger partial charge in [0, 0.05) is 24.2 Å². The van der Waals surface area contributed by atoms with Gasteiger partial charge in [0.1, 0.15) is 17.2 Å². The van der Waals surface area contributed by atoms with Crippen molar-refractivity contribution >= 4 is 11.7 Å². The van der Waals surface area contributed by atoms with Crippen LogP contribution in [-0.2, 0) is 11.2 Å². The molecule has 0 radical (unpaired) electrons. The molecule has 1 unspecified atom stereocenters. The van der Waals surface area contributed by atoms with Gasteiger partial charge in [-0.25, -0.2) is 4.98 Å². The Bertz CT molecular complexity index is 946. The van der Waals surface area contributed by atoms with Gasteiger partial charge in [-0.1, -0.05) is 13.8 Å². The molecule has 174 valence electrons. The number of nitrogens with one attached hydrogen (secondary N) is 1. The third kappa shape index (κ3) is 6.69. The number of pyridine rings is 2. The predicted molar refractivity (Wildman–Crippen MR) is 104 cm³/mol. The molecule has 0 saturated heterocycles. The second-order valence-corrected chi connectivity index (χ2v) is 7.44. The van der Waals surface area contributed by atoms with Crippen molar-refractivity contribution < 1.29 is 36.3 Å². The minimum absolute atomic E-state index is 0.0332. The number of rotatable bonds is 9. The highest BCUT2D eigenvalue weighted by Crippen LogP contribution is 2.35. The van der Waals surface area contributed by atoms with Crippen LogP contribution in [0.4, 0.5) is 22.0 Å². The van der Waals surface area contributed by atoms with E-state index in [2.05, 4.69) is 20.0 Å². The number of halogens is 5. The quantitative estimate of drug-likeness (QED) is 0.566. The first-order chi connectivity index (χ1) is 14.8. The normalized spacial score (nSPS) is 13.0. The van der Waals surface area contributed by atoms with E-state index in [-0.39, 0.29) is 29.6 Å². The summed E-state index contributed by atoms with van der Waals surface area (Å²) in [5, 5.41) is 2.69. The first kappa shape index (κ1) is 25.2. The Hall–Kier alpha value is -3.11. The van der Waals surface area contributed by atoms with Crippen molar-refractivity contribution in [3.05, 3.63) is 53.6 Å². The van der Waals surface area contributed by atoms with E-state index in [9.17, 15) is 31.5 Å². The van der Waals surface area contributed by atoms with Crippen molar-refractivity contribution in [2.75, 3.05) is 6.61 Å². The summed E-state index contributed by atoms with van der Waals surface area (Å²) < 4.78 is 66.8. The Balaban J connectivity index is 1.98. The van der Waals surface area contributed by atoms with Crippen LogP contribution in [0.3, 0.4) is 0 Å². The van der Waals surface area contributed by atoms with Crippen LogP contribution in [0, 0.1) is 5.92 Å². The molecule has 2 heterocycles. The van der Waals surface area contributed by atoms with E-state index >= 15 is 0 Å². The minimum Gasteiger partial charge on any atom is -0.485 e. The number of amides is 1. The molecule has 0 saturated carbocycles. The van der Waals surface area contributed by atoms with Gasteiger partial charge in [0.15, 0.2) is 6.61 Å². The molecule has 2 rings (SSSR count). The van der Waals surface area contributed by atoms with Gasteiger partial charge in [0.05, 0.1) is 12.2 Å². The van der Waals surface area contributed by atoms with Gasteiger partial charge in [-0.05, 0) is 36.8 Å². The molecule has 0 aliphatic heterocycles. The largest absolute Gasteiger partial charge is 0.485 e. The Labute approximate surface area is 181 Å². The maximum absolute atomic E-state index is 12.9. The zero-order valence-electron chi connectivity index (χ0n) is 17.5. The first-order valence-electron chi connectivity index (χ1n) is 9.62. The summed E-state index contributed by atoms with van der Waals surface area (Å²) in [6.45, 7) is 3.39. The first-order valence-corrected chi connectivity index (χ1v) is 9.62. The van der Waals surface area contributed by atoms with Crippen LogP contribution in [0.15, 0.2) is 36.7 Å². The van der Waals surface area contributed by atoms with Crippen molar-refractivity contribution in [3.63, 3.8) is 0 Å². The van der Waals surface area contributed by atoms with Crippen molar-refractivity contribution in [2.45, 2.75) is 45.3 Å². The number of hydrogen-bond acceptors (Lipinski definition) is 5. The fourth-order valence-electron chi connectivity index (χ4n) is 2.46. The Morgan fingerprint density at radius 3 is 2.31 bits per heavy atom. The average Bonchev–Trinajstić information content (AvgIpc) is 2.72. The Morgan fingerprint density at radius 1 is 1.06 bits per heavy atom. The molecule has 32 heavy (non-hydrogen) atoms. The van der Waals surface area contributed by atoms with Crippen molar-refractivity contribution in [1.82, 2.24) is 15.3 Å². The summed E-state index contributed by atoms with van der Waals surface area (Å²) in [5.74, 6) is -6.05. The van der Waals surface area contributed by atoms with E-state index in [1.807, 2.05) is 0 Å². The zero-order chi connectivity index (χ0) is 24.1. The van der Waals surface area contributed by atoms with E-state index in [4.69, 9.17) is 0 Å². The topological polar surface area (TPSA) is 81.2 Å². The van der Waals surface area contributed by atoms with E-state index in [1.165, 1.54) is 6.20 Å². The van der Waals surface area contributed by atoms with Crippen molar-refractivity contribution in [1.29, 1.82) is 0 Å². The van der Waals surface area contributed by atoms with E-state index in [0.29, 0.717) is 11.3 Å². The summed E-state index contributed by atoms with van der Waals surface area (Å²) in [5.41, 5.74) is 1.18. The maximum Gasteiger partial charge on any atom is 0.456 e. The highest BCUT2D eigenvalue weighted by Gasteiger charge is 2.58. The van der Waals surface area contributed by atoms with Gasteiger partial charge < -0.3 is 10.1 Å². The SMILES string of the molecule is CC(C)C(=O)Cc1cc(C(C)NC(=O)c2ccc(OCC(F)(F)C(F)(F)F)cn2)ccn1. The molecule has 2 aromatic rings. The second kappa shape index (κ2) is 10.0. The van der Waals surface area contributed by atoms with Gasteiger partial charge >= 0.3 is 12.1 Å². The lowest BCUT2D eigenvalue weighted by molar-refractivity contribution is -0.290. The van der Waals surface area contributed by atoms with Crippen LogP contribution in [0.2, 0.25) is 0 Å². The molecule has 11 heteroatoms. The van der Waals surface area contributed by atoms with Crippen molar-refractivity contribution in [2.24, 2.45) is 5.92 Å². The molecule has 6 nitrogen and oxygen atoms in total. The highest BCUT2D eigenvalue weighted by molar-refractivity contribution is 5.92. The van der Waals surface area contributed by atoms with Crippen LogP contribution in [-0.4, -0.2) is 40.4 Å². The third-order valence-corrected chi connectivity index (χ3v) is 4.49. The monoisotopic (exact) mass is 459 g/mol. The number of ether oxygens (including phenoxy) is 1. The molecular formula is C21H22F5N3O3. The van der Waals surface area contributed by atoms with Crippen LogP contribution < -0.4 is 10.1 Å². The van der Waals surface area contributed by atoms with Gasteiger partial charge in [-0.2, -0.15) is 22.0 Å². The van der Waals surface area contributed by atoms with Crippen LogP contribution in [0.25, 0.3) is 0 Å². The fraction of sp³-hybridized carbons (Fsp3) is 0.429. The summed E-state index contributed by atoms with van der Waals surface area (Å²) in [4.78, 5) is 32.2. The number of Topliss-reactive ketones (excluding diaryl/α,β-unsaturated/α-hetero) is 1. The van der Waals surface area contributed by atoms with Gasteiger partial charge in [0.2, 0.25) is 0 Å². The molecule has 0 aliphatic rings. The number of alkyl halides is 5. The number of carbonyl (C=O) groups excluding carboxylic acids is 2. The standard InChI is InChI=1S/C21H22F5N3O3/c1-12(2)18(30)9-15-8-14(6-7-27-15)13(3)29-19(31)17-5-4-16(10-28-17)32-11-20(22,23)21(24,25)26/h4-8,10,12-13H,9,11H2,1-3H3,(H,29,31). The van der Waals surface area contributed by atoms with E-state index < -0.39 is 30.7 Å². The number of hydrogen-bond donors (Lipinski definition) is 1. The molecule has 0 bridgehead atoms. The molecular weight excluding hydrogens is 437 g/mol. The van der Waals surface area contributed by atoms with Crippen molar-refractivity contribution in [3.8, 4) is 5.75 Å². The third-order valence-electron chi connectivity index (χ3n) is 4.49. The molecule has 0 aromatic carbocycles. The van der Waals surface area contributed by atoms with Gasteiger partial charge in [-0.15, -0.1) is 0 Å². The molecule has 0 spiro atoms. The van der Waals surface area contributed by atoms with Gasteiger partial charge in [-0.3, -0.25) is 14.6 Å². The summed E-state index contributed by atoms with van der Waals surface area (Å²) in [6.07, 6.45) is -3.15. The summed E-state index contributed by atoms with van der Waals surface area (Å²) >= 11 is 0. The Morgan fingerprint density at radius 2 is 1.75 bits per heavy atom. The fourth-order valence-corrected chi connectivity index (χ4v) is 2.46. The van der Waals surface area contributed by atoms with Gasteiger partial charge in [0.25, 0.3) is 5.91 Å². The number of ketones is 1. The average molecular weight is 459 g/mol. The molecule has 1 amide bonds. The molecule has 1 atom stereocenters. The maximum atomic E-state index is 12.9. The molecule has 0 fully saturated rings. The van der Waals surface area contributed by atoms with E-state index in [0.717, 1.165) is 18.3 Å². The zero-order valence-corrected chi connectivity index (χ0v) is 17.5. The smallest absolute Gasteiger partial charge is 0.456 e. The lowest BCUT2D eigenvalue weighted by Crippen LogP contribution is -2.41. The highest BCUT2D eigenvalue weighted by atomic mass is 19.4. The molecule has 1 N–H and O–H groups in total. The lowest BCUT2D eigenvalue weighted by Gasteiger charge is -2.19. The summed E-state index contributed by atoms with van der Waals surface area (Å²) in [6, 6.07) is 5.13. The summed E-state index contributed by atoms with van der Waals surface area (Å²) in [7, 11) is 0. The Kier molecular flexibility index (Phi) is 7.87. The number of nitrogens with zero attached hydrogens (tertiary/aromatic N) is 2. The molecule has 0 aliphatic carbocycles. The minimum atomic E-state index is -5.73. The molecule has 2 aromatic heterocycles. The lowest BCUT2D eigenvalue weighted by atomic mass is 10.0.